The number of hydrogen-bond donors (Lipinski definition) is 2. The molecule has 0 saturated heterocycles. The van der Waals surface area contributed by atoms with Gasteiger partial charge in [-0.15, -0.1) is 11.8 Å². The molecule has 0 atom stereocenters. The molecule has 122 valence electrons. The van der Waals surface area contributed by atoms with Crippen LogP contribution in [0.15, 0.2) is 24.3 Å². The summed E-state index contributed by atoms with van der Waals surface area (Å²) in [5.74, 6) is 0.229. The van der Waals surface area contributed by atoms with Crippen molar-refractivity contribution in [3.8, 4) is 5.75 Å². The van der Waals surface area contributed by atoms with Gasteiger partial charge in [-0.3, -0.25) is 9.59 Å². The third-order valence-corrected chi connectivity index (χ3v) is 4.94. The van der Waals surface area contributed by atoms with Crippen LogP contribution in [0, 0.1) is 5.92 Å². The van der Waals surface area contributed by atoms with Gasteiger partial charge in [0.05, 0.1) is 7.11 Å². The molecule has 5 nitrogen and oxygen atoms in total. The van der Waals surface area contributed by atoms with Crippen LogP contribution in [0.2, 0.25) is 0 Å². The number of thioether (sulfide) groups is 1. The fourth-order valence-electron chi connectivity index (χ4n) is 2.11. The molecule has 0 unspecified atom stereocenters. The molecule has 2 N–H and O–H groups in total. The van der Waals surface area contributed by atoms with Gasteiger partial charge >= 0.3 is 0 Å². The van der Waals surface area contributed by atoms with Crippen molar-refractivity contribution in [1.29, 1.82) is 0 Å². The fraction of sp³-hybridized carbons (Fsp3) is 0.500. The highest BCUT2D eigenvalue weighted by Crippen LogP contribution is 2.35. The second-order valence-electron chi connectivity index (χ2n) is 5.40. The van der Waals surface area contributed by atoms with Gasteiger partial charge in [-0.2, -0.15) is 0 Å². The molecule has 0 heterocycles. The molecule has 0 radical (unpaired) electrons. The molecule has 1 aromatic rings. The normalized spacial score (nSPS) is 11.2. The summed E-state index contributed by atoms with van der Waals surface area (Å²) in [6.45, 7) is 3.83. The molecular weight excluding hydrogens is 300 g/mol. The Kier molecular flexibility index (Phi) is 6.74. The van der Waals surface area contributed by atoms with E-state index in [9.17, 15) is 9.59 Å². The van der Waals surface area contributed by atoms with Crippen LogP contribution < -0.4 is 15.4 Å². The molecule has 1 aromatic carbocycles. The van der Waals surface area contributed by atoms with Gasteiger partial charge < -0.3 is 15.4 Å². The van der Waals surface area contributed by atoms with Crippen molar-refractivity contribution in [2.45, 2.75) is 24.3 Å². The smallest absolute Gasteiger partial charge is 0.233 e. The first kappa shape index (κ1) is 18.4. The molecular formula is C16H24N2O3S. The van der Waals surface area contributed by atoms with Gasteiger partial charge in [0.15, 0.2) is 0 Å². The number of amides is 2. The minimum Gasteiger partial charge on any atom is -0.497 e. The van der Waals surface area contributed by atoms with Crippen LogP contribution >= 0.6 is 11.8 Å². The zero-order chi connectivity index (χ0) is 16.8. The standard InChI is InChI=1S/C16H24N2O3S/c1-16(2,13(14(19)17-3)15(20)18-4)22-10-11-6-8-12(21-5)9-7-11/h6-9,13H,10H2,1-5H3,(H,17,19)(H,18,20). The molecule has 6 heteroatoms. The lowest BCUT2D eigenvalue weighted by atomic mass is 9.93. The Morgan fingerprint density at radius 3 is 2.05 bits per heavy atom. The maximum Gasteiger partial charge on any atom is 0.233 e. The van der Waals surface area contributed by atoms with Crippen LogP contribution in [0.5, 0.6) is 5.75 Å². The van der Waals surface area contributed by atoms with Gasteiger partial charge in [-0.25, -0.2) is 0 Å². The lowest BCUT2D eigenvalue weighted by Gasteiger charge is -2.31. The van der Waals surface area contributed by atoms with Crippen LogP contribution in [0.4, 0.5) is 0 Å². The zero-order valence-electron chi connectivity index (χ0n) is 13.7. The number of benzene rings is 1. The van der Waals surface area contributed by atoms with Crippen LogP contribution in [-0.4, -0.2) is 37.8 Å². The van der Waals surface area contributed by atoms with Crippen LogP contribution in [-0.2, 0) is 15.3 Å². The lowest BCUT2D eigenvalue weighted by molar-refractivity contribution is -0.135. The molecule has 22 heavy (non-hydrogen) atoms. The monoisotopic (exact) mass is 324 g/mol. The molecule has 0 aliphatic rings. The van der Waals surface area contributed by atoms with E-state index in [0.29, 0.717) is 5.75 Å². The van der Waals surface area contributed by atoms with E-state index >= 15 is 0 Å². The van der Waals surface area contributed by atoms with E-state index in [1.807, 2.05) is 38.1 Å². The largest absolute Gasteiger partial charge is 0.497 e. The SMILES string of the molecule is CNC(=O)C(C(=O)NC)C(C)(C)SCc1ccc(OC)cc1. The van der Waals surface area contributed by atoms with E-state index in [0.717, 1.165) is 11.3 Å². The Bertz CT molecular complexity index is 499. The van der Waals surface area contributed by atoms with E-state index in [1.54, 1.807) is 33.0 Å². The van der Waals surface area contributed by atoms with Crippen molar-refractivity contribution in [2.24, 2.45) is 5.92 Å². The van der Waals surface area contributed by atoms with Crippen LogP contribution in [0.3, 0.4) is 0 Å². The van der Waals surface area contributed by atoms with Crippen molar-refractivity contribution in [3.05, 3.63) is 29.8 Å². The number of carbonyl (C=O) groups is 2. The topological polar surface area (TPSA) is 67.4 Å². The first-order valence-electron chi connectivity index (χ1n) is 7.05. The summed E-state index contributed by atoms with van der Waals surface area (Å²) < 4.78 is 4.60. The number of hydrogen-bond acceptors (Lipinski definition) is 4. The van der Waals surface area contributed by atoms with E-state index in [4.69, 9.17) is 4.74 Å². The van der Waals surface area contributed by atoms with Crippen molar-refractivity contribution in [1.82, 2.24) is 10.6 Å². The minimum atomic E-state index is -0.745. The van der Waals surface area contributed by atoms with Crippen molar-refractivity contribution in [2.75, 3.05) is 21.2 Å². The van der Waals surface area contributed by atoms with Gasteiger partial charge in [0.25, 0.3) is 0 Å². The quantitative estimate of drug-likeness (QED) is 0.751. The van der Waals surface area contributed by atoms with Gasteiger partial charge in [-0.05, 0) is 31.5 Å². The molecule has 0 aliphatic heterocycles. The number of rotatable bonds is 7. The lowest BCUT2D eigenvalue weighted by Crippen LogP contribution is -2.48. The molecule has 2 amide bonds. The maximum absolute atomic E-state index is 12.1. The summed E-state index contributed by atoms with van der Waals surface area (Å²) in [6, 6.07) is 7.77. The van der Waals surface area contributed by atoms with E-state index < -0.39 is 10.7 Å². The second-order valence-corrected chi connectivity index (χ2v) is 7.03. The van der Waals surface area contributed by atoms with Gasteiger partial charge in [0, 0.05) is 24.6 Å². The molecule has 0 fully saturated rings. The summed E-state index contributed by atoms with van der Waals surface area (Å²) >= 11 is 1.58. The van der Waals surface area contributed by atoms with Gasteiger partial charge in [0.1, 0.15) is 11.7 Å². The summed E-state index contributed by atoms with van der Waals surface area (Å²) in [4.78, 5) is 24.1. The Hall–Kier alpha value is -1.69. The maximum atomic E-state index is 12.1. The van der Waals surface area contributed by atoms with Gasteiger partial charge in [0.2, 0.25) is 11.8 Å². The molecule has 0 bridgehead atoms. The molecule has 0 aromatic heterocycles. The fourth-order valence-corrected chi connectivity index (χ4v) is 3.23. The molecule has 1 rings (SSSR count). The predicted molar refractivity (Wildman–Crippen MR) is 90.0 cm³/mol. The molecule has 0 spiro atoms. The van der Waals surface area contributed by atoms with Crippen LogP contribution in [0.1, 0.15) is 19.4 Å². The van der Waals surface area contributed by atoms with Crippen molar-refractivity contribution < 1.29 is 14.3 Å². The second kappa shape index (κ2) is 8.08. The predicted octanol–water partition coefficient (Wildman–Crippen LogP) is 1.82. The summed E-state index contributed by atoms with van der Waals surface area (Å²) in [5.41, 5.74) is 1.12. The van der Waals surface area contributed by atoms with Crippen molar-refractivity contribution >= 4 is 23.6 Å². The van der Waals surface area contributed by atoms with E-state index in [2.05, 4.69) is 10.6 Å². The number of carbonyl (C=O) groups excluding carboxylic acids is 2. The first-order valence-corrected chi connectivity index (χ1v) is 8.04. The van der Waals surface area contributed by atoms with Crippen molar-refractivity contribution in [3.63, 3.8) is 0 Å². The zero-order valence-corrected chi connectivity index (χ0v) is 14.5. The minimum absolute atomic E-state index is 0.272. The Morgan fingerprint density at radius 2 is 1.64 bits per heavy atom. The van der Waals surface area contributed by atoms with E-state index in [1.165, 1.54) is 0 Å². The third kappa shape index (κ3) is 4.66. The Balaban J connectivity index is 2.81. The number of nitrogens with one attached hydrogen (secondary N) is 2. The third-order valence-electron chi connectivity index (χ3n) is 3.48. The summed E-state index contributed by atoms with van der Waals surface area (Å²) in [6.07, 6.45) is 0. The molecule has 0 aliphatic carbocycles. The summed E-state index contributed by atoms with van der Waals surface area (Å²) in [7, 11) is 4.72. The highest BCUT2D eigenvalue weighted by Gasteiger charge is 2.40. The number of methoxy groups -OCH3 is 1. The highest BCUT2D eigenvalue weighted by molar-refractivity contribution is 7.99. The van der Waals surface area contributed by atoms with Gasteiger partial charge in [-0.1, -0.05) is 12.1 Å². The van der Waals surface area contributed by atoms with E-state index in [-0.39, 0.29) is 11.8 Å². The van der Waals surface area contributed by atoms with Crippen LogP contribution in [0.25, 0.3) is 0 Å². The molecule has 0 saturated carbocycles. The summed E-state index contributed by atoms with van der Waals surface area (Å²) in [5, 5.41) is 5.14. The Labute approximate surface area is 136 Å². The number of ether oxygens (including phenoxy) is 1. The average Bonchev–Trinajstić information content (AvgIpc) is 2.52. The average molecular weight is 324 g/mol. The highest BCUT2D eigenvalue weighted by atomic mass is 32.2. The Morgan fingerprint density at radius 1 is 1.14 bits per heavy atom. The first-order chi connectivity index (χ1) is 10.4.